The quantitative estimate of drug-likeness (QED) is 0.822. The van der Waals surface area contributed by atoms with Gasteiger partial charge in [0.1, 0.15) is 5.82 Å². The Morgan fingerprint density at radius 2 is 2.17 bits per heavy atom. The van der Waals surface area contributed by atoms with Crippen LogP contribution >= 0.6 is 27.5 Å². The number of aryl methyl sites for hydroxylation is 1. The Hall–Kier alpha value is -1.13. The van der Waals surface area contributed by atoms with Crippen molar-refractivity contribution in [3.63, 3.8) is 0 Å². The summed E-state index contributed by atoms with van der Waals surface area (Å²) in [5.74, 6) is -0.478. The van der Waals surface area contributed by atoms with E-state index in [0.717, 1.165) is 4.47 Å². The number of hydrogen-bond donors (Lipinski definition) is 0. The Bertz CT molecular complexity index is 654. The minimum atomic E-state index is -0.478. The van der Waals surface area contributed by atoms with Crippen LogP contribution in [-0.4, -0.2) is 4.57 Å². The molecule has 0 unspecified atom stereocenters. The number of pyridine rings is 1. The van der Waals surface area contributed by atoms with Gasteiger partial charge in [-0.2, -0.15) is 0 Å². The second-order valence-corrected chi connectivity index (χ2v) is 5.28. The summed E-state index contributed by atoms with van der Waals surface area (Å²) in [6.45, 7) is 1.98. The van der Waals surface area contributed by atoms with Gasteiger partial charge in [-0.3, -0.25) is 4.79 Å². The van der Waals surface area contributed by atoms with E-state index in [1.807, 2.05) is 0 Å². The Morgan fingerprint density at radius 3 is 2.89 bits per heavy atom. The lowest BCUT2D eigenvalue weighted by atomic mass is 10.2. The Labute approximate surface area is 117 Å². The van der Waals surface area contributed by atoms with Crippen molar-refractivity contribution in [3.8, 4) is 0 Å². The molecule has 0 aliphatic rings. The zero-order valence-electron chi connectivity index (χ0n) is 9.58. The van der Waals surface area contributed by atoms with Crippen molar-refractivity contribution in [1.82, 2.24) is 4.57 Å². The van der Waals surface area contributed by atoms with Crippen LogP contribution in [0, 0.1) is 12.7 Å². The van der Waals surface area contributed by atoms with E-state index in [1.165, 1.54) is 10.6 Å². The lowest BCUT2D eigenvalue weighted by Gasteiger charge is -2.09. The first-order valence-electron chi connectivity index (χ1n) is 5.28. The van der Waals surface area contributed by atoms with Crippen LogP contribution in [0.2, 0.25) is 5.02 Å². The number of halogens is 3. The first-order valence-corrected chi connectivity index (χ1v) is 6.45. The SMILES string of the molecule is Cc1cc(Br)cn(Cc2cccc(F)c2Cl)c1=O. The largest absolute Gasteiger partial charge is 0.310 e. The first kappa shape index (κ1) is 13.3. The summed E-state index contributed by atoms with van der Waals surface area (Å²) in [6, 6.07) is 6.31. The van der Waals surface area contributed by atoms with Crippen molar-refractivity contribution >= 4 is 27.5 Å². The molecule has 0 amide bonds. The fraction of sp³-hybridized carbons (Fsp3) is 0.154. The number of benzene rings is 1. The van der Waals surface area contributed by atoms with E-state index in [4.69, 9.17) is 11.6 Å². The molecule has 2 nitrogen and oxygen atoms in total. The smallest absolute Gasteiger partial charge is 0.253 e. The molecular formula is C13H10BrClFNO. The van der Waals surface area contributed by atoms with Crippen molar-refractivity contribution in [2.24, 2.45) is 0 Å². The van der Waals surface area contributed by atoms with Gasteiger partial charge in [-0.25, -0.2) is 4.39 Å². The summed E-state index contributed by atoms with van der Waals surface area (Å²) in [6.07, 6.45) is 1.66. The molecule has 0 bridgehead atoms. The molecule has 18 heavy (non-hydrogen) atoms. The van der Waals surface area contributed by atoms with Crippen LogP contribution in [0.5, 0.6) is 0 Å². The molecule has 2 aromatic rings. The molecule has 0 N–H and O–H groups in total. The normalized spacial score (nSPS) is 10.7. The fourth-order valence-electron chi connectivity index (χ4n) is 1.71. The van der Waals surface area contributed by atoms with Crippen LogP contribution in [0.25, 0.3) is 0 Å². The minimum Gasteiger partial charge on any atom is -0.310 e. The zero-order valence-corrected chi connectivity index (χ0v) is 11.9. The lowest BCUT2D eigenvalue weighted by molar-refractivity contribution is 0.623. The maximum absolute atomic E-state index is 13.3. The van der Waals surface area contributed by atoms with Gasteiger partial charge < -0.3 is 4.57 Å². The number of rotatable bonds is 2. The summed E-state index contributed by atoms with van der Waals surface area (Å²) in [4.78, 5) is 11.9. The van der Waals surface area contributed by atoms with Crippen LogP contribution in [0.3, 0.4) is 0 Å². The molecule has 0 spiro atoms. The lowest BCUT2D eigenvalue weighted by Crippen LogP contribution is -2.22. The van der Waals surface area contributed by atoms with Crippen molar-refractivity contribution in [2.45, 2.75) is 13.5 Å². The van der Waals surface area contributed by atoms with E-state index in [0.29, 0.717) is 11.1 Å². The maximum atomic E-state index is 13.3. The molecule has 94 valence electrons. The first-order chi connectivity index (χ1) is 8.49. The highest BCUT2D eigenvalue weighted by Crippen LogP contribution is 2.20. The summed E-state index contributed by atoms with van der Waals surface area (Å²) in [5, 5.41) is 0.0574. The third kappa shape index (κ3) is 2.65. The number of hydrogen-bond acceptors (Lipinski definition) is 1. The number of aromatic nitrogens is 1. The highest BCUT2D eigenvalue weighted by Gasteiger charge is 2.08. The van der Waals surface area contributed by atoms with E-state index in [9.17, 15) is 9.18 Å². The zero-order chi connectivity index (χ0) is 13.3. The van der Waals surface area contributed by atoms with Gasteiger partial charge in [-0.1, -0.05) is 23.7 Å². The predicted molar refractivity (Wildman–Crippen MR) is 73.7 cm³/mol. The van der Waals surface area contributed by atoms with E-state index < -0.39 is 5.82 Å². The molecule has 0 saturated heterocycles. The van der Waals surface area contributed by atoms with Gasteiger partial charge in [0.05, 0.1) is 11.6 Å². The van der Waals surface area contributed by atoms with Gasteiger partial charge >= 0.3 is 0 Å². The maximum Gasteiger partial charge on any atom is 0.253 e. The summed E-state index contributed by atoms with van der Waals surface area (Å²) >= 11 is 9.20. The average Bonchev–Trinajstić information content (AvgIpc) is 2.31. The minimum absolute atomic E-state index is 0.0574. The topological polar surface area (TPSA) is 22.0 Å². The standard InChI is InChI=1S/C13H10BrClFNO/c1-8-5-10(14)7-17(13(8)18)6-9-3-2-4-11(16)12(9)15/h2-5,7H,6H2,1H3. The van der Waals surface area contributed by atoms with Crippen LogP contribution in [0.4, 0.5) is 4.39 Å². The highest BCUT2D eigenvalue weighted by molar-refractivity contribution is 9.10. The van der Waals surface area contributed by atoms with Crippen molar-refractivity contribution in [1.29, 1.82) is 0 Å². The van der Waals surface area contributed by atoms with Gasteiger partial charge in [0.25, 0.3) is 5.56 Å². The summed E-state index contributed by atoms with van der Waals surface area (Å²) in [7, 11) is 0. The van der Waals surface area contributed by atoms with Crippen LogP contribution in [0.15, 0.2) is 39.7 Å². The van der Waals surface area contributed by atoms with Crippen LogP contribution in [-0.2, 0) is 6.54 Å². The second kappa shape index (κ2) is 5.24. The molecule has 5 heteroatoms. The van der Waals surface area contributed by atoms with E-state index in [2.05, 4.69) is 15.9 Å². The van der Waals surface area contributed by atoms with Crippen molar-refractivity contribution in [2.75, 3.05) is 0 Å². The molecule has 0 aliphatic carbocycles. The van der Waals surface area contributed by atoms with E-state index in [1.54, 1.807) is 31.3 Å². The van der Waals surface area contributed by atoms with Crippen LogP contribution < -0.4 is 5.56 Å². The molecule has 2 rings (SSSR count). The molecule has 1 aromatic heterocycles. The van der Waals surface area contributed by atoms with E-state index in [-0.39, 0.29) is 17.1 Å². The van der Waals surface area contributed by atoms with Gasteiger partial charge in [-0.15, -0.1) is 0 Å². The van der Waals surface area contributed by atoms with Crippen LogP contribution in [0.1, 0.15) is 11.1 Å². The average molecular weight is 331 g/mol. The third-order valence-electron chi connectivity index (χ3n) is 2.60. The molecule has 0 atom stereocenters. The molecular weight excluding hydrogens is 321 g/mol. The van der Waals surface area contributed by atoms with Gasteiger partial charge in [0.15, 0.2) is 0 Å². The molecule has 1 aromatic carbocycles. The van der Waals surface area contributed by atoms with Gasteiger partial charge in [-0.05, 0) is 40.5 Å². The van der Waals surface area contributed by atoms with E-state index >= 15 is 0 Å². The summed E-state index contributed by atoms with van der Waals surface area (Å²) < 4.78 is 15.6. The van der Waals surface area contributed by atoms with Gasteiger partial charge in [0, 0.05) is 16.2 Å². The van der Waals surface area contributed by atoms with Crippen molar-refractivity contribution in [3.05, 3.63) is 67.3 Å². The molecule has 0 fully saturated rings. The number of nitrogens with zero attached hydrogens (tertiary/aromatic N) is 1. The summed E-state index contributed by atoms with van der Waals surface area (Å²) in [5.41, 5.74) is 1.09. The van der Waals surface area contributed by atoms with Crippen molar-refractivity contribution < 1.29 is 4.39 Å². The van der Waals surface area contributed by atoms with Gasteiger partial charge in [0.2, 0.25) is 0 Å². The molecule has 0 saturated carbocycles. The Balaban J connectivity index is 2.46. The third-order valence-corrected chi connectivity index (χ3v) is 3.46. The molecule has 0 radical (unpaired) electrons. The molecule has 0 aliphatic heterocycles. The monoisotopic (exact) mass is 329 g/mol. The predicted octanol–water partition coefficient (Wildman–Crippen LogP) is 3.76. The highest BCUT2D eigenvalue weighted by atomic mass is 79.9. The Morgan fingerprint density at radius 1 is 1.44 bits per heavy atom. The molecule has 1 heterocycles. The second-order valence-electron chi connectivity index (χ2n) is 3.99. The fourth-order valence-corrected chi connectivity index (χ4v) is 2.49. The Kier molecular flexibility index (Phi) is 3.88.